The molecule has 1 aromatic carbocycles. The number of alkyl halides is 5. The fourth-order valence-corrected chi connectivity index (χ4v) is 2.38. The van der Waals surface area contributed by atoms with Crippen molar-refractivity contribution in [3.63, 3.8) is 0 Å². The predicted molar refractivity (Wildman–Crippen MR) is 79.1 cm³/mol. The van der Waals surface area contributed by atoms with Gasteiger partial charge in [0.25, 0.3) is 11.6 Å². The summed E-state index contributed by atoms with van der Waals surface area (Å²) in [7, 11) is 0. The Kier molecular flexibility index (Phi) is 5.40. The van der Waals surface area contributed by atoms with Gasteiger partial charge in [0, 0.05) is 17.7 Å². The number of carbonyl (C=O) groups is 1. The number of hydrogen-bond acceptors (Lipinski definition) is 5. The van der Waals surface area contributed by atoms with Crippen molar-refractivity contribution in [2.24, 2.45) is 5.10 Å². The summed E-state index contributed by atoms with van der Waals surface area (Å²) >= 11 is 0. The average Bonchev–Trinajstić information content (AvgIpc) is 2.84. The monoisotopic (exact) mass is 382 g/mol. The molecule has 6 nitrogen and oxygen atoms in total. The number of rotatable bonds is 5. The van der Waals surface area contributed by atoms with Crippen LogP contribution >= 0.6 is 0 Å². The van der Waals surface area contributed by atoms with Crippen LogP contribution < -0.4 is 9.47 Å². The van der Waals surface area contributed by atoms with Gasteiger partial charge in [0.05, 0.1) is 6.61 Å². The molecule has 0 fully saturated rings. The number of amides is 1. The van der Waals surface area contributed by atoms with Crippen molar-refractivity contribution >= 4 is 11.6 Å². The van der Waals surface area contributed by atoms with Crippen molar-refractivity contribution < 1.29 is 41.3 Å². The third kappa shape index (κ3) is 3.71. The molecule has 0 radical (unpaired) electrons. The number of carbonyl (C=O) groups excluding carboxylic acids is 1. The second-order valence-corrected chi connectivity index (χ2v) is 5.42. The first-order valence-electron chi connectivity index (χ1n) is 7.39. The van der Waals surface area contributed by atoms with Crippen LogP contribution in [0.5, 0.6) is 11.5 Å². The largest absolute Gasteiger partial charge is 0.490 e. The Morgan fingerprint density at radius 2 is 2.04 bits per heavy atom. The molecule has 1 amide bonds. The van der Waals surface area contributed by atoms with E-state index in [4.69, 9.17) is 4.74 Å². The molecule has 1 atom stereocenters. The van der Waals surface area contributed by atoms with E-state index in [-0.39, 0.29) is 34.4 Å². The molecule has 1 aromatic rings. The molecule has 0 bridgehead atoms. The molecule has 1 N–H and O–H groups in total. The van der Waals surface area contributed by atoms with Crippen LogP contribution in [0, 0.1) is 0 Å². The smallest absolute Gasteiger partial charge is 0.438 e. The minimum atomic E-state index is -5.15. The standard InChI is InChI=1S/C15H15F5N2O4/c1-3-25-11-6-9(4-5-10(11)26-13(16)17)12(23)22-14(24,15(18,19)20)7-8(2)21-22/h4-6,13,24H,3,7H2,1-2H3/t14-/m1/s1. The summed E-state index contributed by atoms with van der Waals surface area (Å²) in [6.45, 7) is -0.353. The van der Waals surface area contributed by atoms with Gasteiger partial charge in [-0.05, 0) is 32.0 Å². The van der Waals surface area contributed by atoms with Gasteiger partial charge in [-0.2, -0.15) is 32.1 Å². The highest BCUT2D eigenvalue weighted by Crippen LogP contribution is 2.41. The molecule has 144 valence electrons. The van der Waals surface area contributed by atoms with E-state index < -0.39 is 30.8 Å². The quantitative estimate of drug-likeness (QED) is 0.795. The van der Waals surface area contributed by atoms with Gasteiger partial charge in [-0.15, -0.1) is 0 Å². The van der Waals surface area contributed by atoms with Gasteiger partial charge in [0.1, 0.15) is 0 Å². The van der Waals surface area contributed by atoms with Crippen LogP contribution in [-0.2, 0) is 0 Å². The van der Waals surface area contributed by atoms with Crippen molar-refractivity contribution in [1.82, 2.24) is 5.01 Å². The fraction of sp³-hybridized carbons (Fsp3) is 0.467. The van der Waals surface area contributed by atoms with Crippen LogP contribution in [0.1, 0.15) is 30.6 Å². The van der Waals surface area contributed by atoms with Gasteiger partial charge in [0.2, 0.25) is 0 Å². The summed E-state index contributed by atoms with van der Waals surface area (Å²) in [5.41, 5.74) is -3.94. The Morgan fingerprint density at radius 3 is 2.58 bits per heavy atom. The highest BCUT2D eigenvalue weighted by molar-refractivity contribution is 5.98. The number of hydrazone groups is 1. The molecular formula is C15H15F5N2O4. The zero-order chi connectivity index (χ0) is 19.7. The molecule has 1 aliphatic heterocycles. The van der Waals surface area contributed by atoms with E-state index >= 15 is 0 Å². The second-order valence-electron chi connectivity index (χ2n) is 5.42. The van der Waals surface area contributed by atoms with Crippen molar-refractivity contribution in [1.29, 1.82) is 0 Å². The lowest BCUT2D eigenvalue weighted by Crippen LogP contribution is -2.56. The molecule has 26 heavy (non-hydrogen) atoms. The summed E-state index contributed by atoms with van der Waals surface area (Å²) in [6.07, 6.45) is -6.04. The minimum absolute atomic E-state index is 0.0324. The maximum absolute atomic E-state index is 13.2. The topological polar surface area (TPSA) is 71.4 Å². The first-order valence-corrected chi connectivity index (χ1v) is 7.39. The van der Waals surface area contributed by atoms with Gasteiger partial charge in [-0.1, -0.05) is 0 Å². The number of halogens is 5. The van der Waals surface area contributed by atoms with Crippen molar-refractivity contribution in [2.45, 2.75) is 38.8 Å². The highest BCUT2D eigenvalue weighted by Gasteiger charge is 2.62. The SMILES string of the molecule is CCOc1cc(C(=O)N2N=C(C)C[C@@]2(O)C(F)(F)F)ccc1OC(F)F. The third-order valence-corrected chi connectivity index (χ3v) is 3.48. The van der Waals surface area contributed by atoms with Crippen LogP contribution in [0.25, 0.3) is 0 Å². The molecule has 0 saturated heterocycles. The Bertz CT molecular complexity index is 722. The summed E-state index contributed by atoms with van der Waals surface area (Å²) < 4.78 is 73.7. The van der Waals surface area contributed by atoms with E-state index in [0.717, 1.165) is 18.2 Å². The second kappa shape index (κ2) is 7.06. The molecule has 0 aliphatic carbocycles. The molecule has 0 saturated carbocycles. The number of nitrogens with zero attached hydrogens (tertiary/aromatic N) is 2. The lowest BCUT2D eigenvalue weighted by molar-refractivity contribution is -0.297. The molecular weight excluding hydrogens is 367 g/mol. The predicted octanol–water partition coefficient (Wildman–Crippen LogP) is 3.16. The molecule has 0 aromatic heterocycles. The van der Waals surface area contributed by atoms with Crippen molar-refractivity contribution in [3.05, 3.63) is 23.8 Å². The van der Waals surface area contributed by atoms with Crippen LogP contribution in [-0.4, -0.2) is 46.9 Å². The molecule has 1 aliphatic rings. The highest BCUT2D eigenvalue weighted by atomic mass is 19.4. The minimum Gasteiger partial charge on any atom is -0.490 e. The van der Waals surface area contributed by atoms with Gasteiger partial charge in [0.15, 0.2) is 11.5 Å². The van der Waals surface area contributed by atoms with Gasteiger partial charge >= 0.3 is 12.8 Å². The summed E-state index contributed by atoms with van der Waals surface area (Å²) in [6, 6.07) is 2.88. The van der Waals surface area contributed by atoms with E-state index in [2.05, 4.69) is 9.84 Å². The lowest BCUT2D eigenvalue weighted by Gasteiger charge is -2.32. The van der Waals surface area contributed by atoms with E-state index in [9.17, 15) is 31.9 Å². The Labute approximate surface area is 144 Å². The van der Waals surface area contributed by atoms with Crippen LogP contribution in [0.15, 0.2) is 23.3 Å². The molecule has 1 heterocycles. The first kappa shape index (κ1) is 19.9. The van der Waals surface area contributed by atoms with Gasteiger partial charge in [-0.25, -0.2) is 0 Å². The Morgan fingerprint density at radius 1 is 1.38 bits per heavy atom. The maximum atomic E-state index is 13.2. The van der Waals surface area contributed by atoms with E-state index in [1.54, 1.807) is 0 Å². The fourth-order valence-electron chi connectivity index (χ4n) is 2.38. The third-order valence-electron chi connectivity index (χ3n) is 3.48. The number of aliphatic hydroxyl groups is 1. The normalized spacial score (nSPS) is 20.3. The molecule has 0 unspecified atom stereocenters. The maximum Gasteiger partial charge on any atom is 0.438 e. The molecule has 2 rings (SSSR count). The average molecular weight is 382 g/mol. The Hall–Kier alpha value is -2.43. The number of benzene rings is 1. The summed E-state index contributed by atoms with van der Waals surface area (Å²) in [4.78, 5) is 12.5. The Balaban J connectivity index is 2.41. The zero-order valence-corrected chi connectivity index (χ0v) is 13.7. The lowest BCUT2D eigenvalue weighted by atomic mass is 10.1. The molecule has 0 spiro atoms. The van der Waals surface area contributed by atoms with Crippen molar-refractivity contribution in [3.8, 4) is 11.5 Å². The van der Waals surface area contributed by atoms with Gasteiger partial charge < -0.3 is 14.6 Å². The first-order chi connectivity index (χ1) is 12.0. The number of hydrogen-bond donors (Lipinski definition) is 1. The molecule has 11 heteroatoms. The van der Waals surface area contributed by atoms with Crippen molar-refractivity contribution in [2.75, 3.05) is 6.61 Å². The number of ether oxygens (including phenoxy) is 2. The summed E-state index contributed by atoms with van der Waals surface area (Å²) in [5.74, 6) is -1.91. The van der Waals surface area contributed by atoms with Crippen LogP contribution in [0.2, 0.25) is 0 Å². The summed E-state index contributed by atoms with van der Waals surface area (Å²) in [5, 5.41) is 13.3. The zero-order valence-electron chi connectivity index (χ0n) is 13.7. The van der Waals surface area contributed by atoms with E-state index in [0.29, 0.717) is 0 Å². The van der Waals surface area contributed by atoms with Crippen LogP contribution in [0.4, 0.5) is 22.0 Å². The van der Waals surface area contributed by atoms with Crippen LogP contribution in [0.3, 0.4) is 0 Å². The van der Waals surface area contributed by atoms with E-state index in [1.165, 1.54) is 13.8 Å². The van der Waals surface area contributed by atoms with Gasteiger partial charge in [-0.3, -0.25) is 4.79 Å². The van der Waals surface area contributed by atoms with E-state index in [1.807, 2.05) is 0 Å².